The second-order valence-electron chi connectivity index (χ2n) is 6.12. The molecule has 23 heavy (non-hydrogen) atoms. The number of rotatable bonds is 17. The van der Waals surface area contributed by atoms with Crippen LogP contribution in [0.25, 0.3) is 0 Å². The molecule has 0 spiro atoms. The number of hydrogen-bond acceptors (Lipinski definition) is 4. The molecule has 4 nitrogen and oxygen atoms in total. The second kappa shape index (κ2) is 20.8. The summed E-state index contributed by atoms with van der Waals surface area (Å²) >= 11 is 0. The van der Waals surface area contributed by atoms with Crippen LogP contribution in [0.4, 0.5) is 0 Å². The van der Waals surface area contributed by atoms with E-state index in [0.717, 1.165) is 12.8 Å². The number of nitrogens with one attached hydrogen (secondary N) is 1. The first kappa shape index (κ1) is 26.0. The predicted octanol–water partition coefficient (Wildman–Crippen LogP) is -0.00980. The van der Waals surface area contributed by atoms with E-state index in [1.165, 1.54) is 57.8 Å². The zero-order chi connectivity index (χ0) is 16.5. The van der Waals surface area contributed by atoms with Gasteiger partial charge in [-0.05, 0) is 12.8 Å². The molecular weight excluding hydrogens is 317 g/mol. The topological polar surface area (TPSA) is 69.2 Å². The number of hydrogen-bond donors (Lipinski definition) is 1. The van der Waals surface area contributed by atoms with Crippen molar-refractivity contribution in [2.45, 2.75) is 90.4 Å². The van der Waals surface area contributed by atoms with E-state index in [4.69, 9.17) is 0 Å². The number of unbranched alkanes of at least 4 members (excludes halogenated alkanes) is 10. The molecule has 0 heterocycles. The summed E-state index contributed by atoms with van der Waals surface area (Å²) in [5.41, 5.74) is 0. The average Bonchev–Trinajstić information content (AvgIpc) is 2.49. The molecule has 0 aliphatic heterocycles. The second-order valence-corrected chi connectivity index (χ2v) is 6.12. The van der Waals surface area contributed by atoms with Crippen LogP contribution >= 0.6 is 0 Å². The normalized spacial score (nSPS) is 10.3. The molecule has 0 radical (unpaired) electrons. The summed E-state index contributed by atoms with van der Waals surface area (Å²) < 4.78 is 0. The molecule has 0 aliphatic rings. The van der Waals surface area contributed by atoms with Gasteiger partial charge in [0.1, 0.15) is 5.78 Å². The Morgan fingerprint density at radius 1 is 0.783 bits per heavy atom. The van der Waals surface area contributed by atoms with Gasteiger partial charge in [-0.2, -0.15) is 0 Å². The van der Waals surface area contributed by atoms with E-state index in [1.54, 1.807) is 0 Å². The van der Waals surface area contributed by atoms with E-state index in [-0.39, 0.29) is 70.1 Å². The van der Waals surface area contributed by atoms with E-state index < -0.39 is 5.97 Å². The Labute approximate surface area is 185 Å². The fourth-order valence-electron chi connectivity index (χ4n) is 2.49. The summed E-state index contributed by atoms with van der Waals surface area (Å²) in [5.74, 6) is -0.903. The number of carboxylic acid groups (broad SMARTS) is 1. The van der Waals surface area contributed by atoms with Crippen molar-refractivity contribution < 1.29 is 66.1 Å². The van der Waals surface area contributed by atoms with Gasteiger partial charge in [-0.3, -0.25) is 4.79 Å². The Bertz CT molecular complexity index is 285. The van der Waals surface area contributed by atoms with Crippen LogP contribution in [0.5, 0.6) is 0 Å². The maximum Gasteiger partial charge on any atom is 1.00 e. The van der Waals surface area contributed by atoms with Crippen LogP contribution in [0.3, 0.4) is 0 Å². The largest absolute Gasteiger partial charge is 1.00 e. The van der Waals surface area contributed by atoms with Crippen molar-refractivity contribution >= 4 is 11.8 Å². The Morgan fingerprint density at radius 2 is 1.26 bits per heavy atom. The SMILES string of the molecule is CCCCCCCCCCCCCC(=O)CNCCC(=O)[O-].[K+]. The smallest absolute Gasteiger partial charge is 0.550 e. The Balaban J connectivity index is 0. The Hall–Kier alpha value is 0.736. The quantitative estimate of drug-likeness (QED) is 0.296. The van der Waals surface area contributed by atoms with Crippen LogP contribution in [-0.4, -0.2) is 24.8 Å². The van der Waals surface area contributed by atoms with Gasteiger partial charge in [0.05, 0.1) is 6.54 Å². The fraction of sp³-hybridized carbons (Fsp3) is 0.889. The number of Topliss-reactive ketones (excluding diaryl/α,β-unsaturated/α-hetero) is 1. The van der Waals surface area contributed by atoms with E-state index in [9.17, 15) is 14.7 Å². The predicted molar refractivity (Wildman–Crippen MR) is 88.6 cm³/mol. The Kier molecular flexibility index (Phi) is 23.5. The van der Waals surface area contributed by atoms with Crippen LogP contribution in [0.15, 0.2) is 0 Å². The first-order chi connectivity index (χ1) is 10.7. The Morgan fingerprint density at radius 3 is 1.74 bits per heavy atom. The van der Waals surface area contributed by atoms with Crippen molar-refractivity contribution in [1.82, 2.24) is 5.32 Å². The van der Waals surface area contributed by atoms with Gasteiger partial charge in [-0.25, -0.2) is 0 Å². The summed E-state index contributed by atoms with van der Waals surface area (Å²) in [6.45, 7) is 2.84. The van der Waals surface area contributed by atoms with Gasteiger partial charge < -0.3 is 15.2 Å². The minimum atomic E-state index is -1.08. The van der Waals surface area contributed by atoms with Crippen molar-refractivity contribution in [2.75, 3.05) is 13.1 Å². The average molecular weight is 352 g/mol. The van der Waals surface area contributed by atoms with E-state index in [2.05, 4.69) is 12.2 Å². The summed E-state index contributed by atoms with van der Waals surface area (Å²) in [6, 6.07) is 0. The van der Waals surface area contributed by atoms with E-state index in [1.807, 2.05) is 0 Å². The number of carboxylic acids is 1. The van der Waals surface area contributed by atoms with Gasteiger partial charge in [-0.1, -0.05) is 71.1 Å². The van der Waals surface area contributed by atoms with Crippen molar-refractivity contribution in [2.24, 2.45) is 0 Å². The number of aliphatic carboxylic acids is 1. The number of carbonyl (C=O) groups is 2. The standard InChI is InChI=1S/C18H35NO3.K/c1-2-3-4-5-6-7-8-9-10-11-12-13-17(20)16-19-15-14-18(21)22;/h19H,2-16H2,1H3,(H,21,22);/q;+1/p-1. The zero-order valence-corrected chi connectivity index (χ0v) is 18.5. The van der Waals surface area contributed by atoms with Crippen molar-refractivity contribution in [3.63, 3.8) is 0 Å². The maximum atomic E-state index is 11.5. The van der Waals surface area contributed by atoms with Crippen molar-refractivity contribution in [3.05, 3.63) is 0 Å². The molecule has 5 heteroatoms. The number of carbonyl (C=O) groups excluding carboxylic acids is 2. The number of ketones is 1. The molecule has 0 fully saturated rings. The molecule has 0 atom stereocenters. The molecule has 0 saturated heterocycles. The van der Waals surface area contributed by atoms with Crippen LogP contribution in [0.2, 0.25) is 0 Å². The van der Waals surface area contributed by atoms with Crippen molar-refractivity contribution in [1.29, 1.82) is 0 Å². The first-order valence-corrected chi connectivity index (χ1v) is 9.09. The van der Waals surface area contributed by atoms with Crippen molar-refractivity contribution in [3.8, 4) is 0 Å². The van der Waals surface area contributed by atoms with Crippen LogP contribution in [0, 0.1) is 0 Å². The molecule has 0 amide bonds. The summed E-state index contributed by atoms with van der Waals surface area (Å²) in [4.78, 5) is 21.7. The fourth-order valence-corrected chi connectivity index (χ4v) is 2.49. The van der Waals surface area contributed by atoms with Crippen LogP contribution in [0.1, 0.15) is 90.4 Å². The summed E-state index contributed by atoms with van der Waals surface area (Å²) in [7, 11) is 0. The van der Waals surface area contributed by atoms with Crippen LogP contribution in [-0.2, 0) is 9.59 Å². The molecular formula is C18H34KNO3. The molecule has 0 rings (SSSR count). The summed E-state index contributed by atoms with van der Waals surface area (Å²) in [6.07, 6.45) is 14.7. The van der Waals surface area contributed by atoms with Gasteiger partial charge in [0.2, 0.25) is 0 Å². The molecule has 0 aliphatic carbocycles. The van der Waals surface area contributed by atoms with E-state index in [0.29, 0.717) is 13.0 Å². The molecule has 0 aromatic rings. The summed E-state index contributed by atoms with van der Waals surface area (Å²) in [5, 5.41) is 13.0. The molecule has 0 unspecified atom stereocenters. The van der Waals surface area contributed by atoms with Gasteiger partial charge in [-0.15, -0.1) is 0 Å². The molecule has 130 valence electrons. The van der Waals surface area contributed by atoms with E-state index >= 15 is 0 Å². The first-order valence-electron chi connectivity index (χ1n) is 9.09. The monoisotopic (exact) mass is 351 g/mol. The van der Waals surface area contributed by atoms with Crippen LogP contribution < -0.4 is 61.8 Å². The molecule has 0 bridgehead atoms. The van der Waals surface area contributed by atoms with Gasteiger partial charge >= 0.3 is 51.4 Å². The third kappa shape index (κ3) is 22.7. The van der Waals surface area contributed by atoms with Gasteiger partial charge in [0, 0.05) is 18.9 Å². The molecule has 0 aromatic heterocycles. The maximum absolute atomic E-state index is 11.5. The van der Waals surface area contributed by atoms with Gasteiger partial charge in [0.25, 0.3) is 0 Å². The third-order valence-corrected chi connectivity index (χ3v) is 3.89. The third-order valence-electron chi connectivity index (χ3n) is 3.89. The minimum Gasteiger partial charge on any atom is -0.550 e. The van der Waals surface area contributed by atoms with Gasteiger partial charge in [0.15, 0.2) is 0 Å². The molecule has 0 saturated carbocycles. The zero-order valence-electron chi connectivity index (χ0n) is 15.3. The minimum absolute atomic E-state index is 0. The molecule has 0 aromatic carbocycles. The molecule has 1 N–H and O–H groups in total.